The molecule has 0 radical (unpaired) electrons. The minimum atomic E-state index is -0.795. The SMILES string of the molecule is COc1ccc(Cl)cc1NC(=O)CN(C)C(=O)C(C)Oc1ccc(Cl)cc1Br. The second kappa shape index (κ2) is 10.0. The van der Waals surface area contributed by atoms with Crippen LogP contribution in [0.25, 0.3) is 0 Å². The van der Waals surface area contributed by atoms with Crippen molar-refractivity contribution in [3.8, 4) is 11.5 Å². The molecule has 0 aliphatic carbocycles. The number of methoxy groups -OCH3 is 1. The van der Waals surface area contributed by atoms with E-state index < -0.39 is 12.0 Å². The zero-order chi connectivity index (χ0) is 20.8. The number of halogens is 3. The average molecular weight is 490 g/mol. The lowest BCUT2D eigenvalue weighted by Gasteiger charge is -2.22. The average Bonchev–Trinajstić information content (AvgIpc) is 2.63. The number of benzene rings is 2. The summed E-state index contributed by atoms with van der Waals surface area (Å²) >= 11 is 15.2. The third-order valence-corrected chi connectivity index (χ3v) is 4.83. The molecule has 2 amide bonds. The first-order valence-corrected chi connectivity index (χ1v) is 9.76. The molecule has 1 unspecified atom stereocenters. The lowest BCUT2D eigenvalue weighted by molar-refractivity contribution is -0.139. The molecule has 0 saturated heterocycles. The Balaban J connectivity index is 1.97. The van der Waals surface area contributed by atoms with Gasteiger partial charge in [-0.2, -0.15) is 0 Å². The highest BCUT2D eigenvalue weighted by Gasteiger charge is 2.22. The standard InChI is InChI=1S/C19H19BrCl2N2O4/c1-11(28-16-6-4-12(21)8-14(16)20)19(26)24(2)10-18(25)23-15-9-13(22)5-7-17(15)27-3/h4-9,11H,10H2,1-3H3,(H,23,25). The molecule has 2 aromatic carbocycles. The summed E-state index contributed by atoms with van der Waals surface area (Å²) in [6, 6.07) is 9.86. The molecule has 28 heavy (non-hydrogen) atoms. The normalized spacial score (nSPS) is 11.5. The van der Waals surface area contributed by atoms with Gasteiger partial charge in [-0.1, -0.05) is 23.2 Å². The number of hydrogen-bond acceptors (Lipinski definition) is 4. The first kappa shape index (κ1) is 22.3. The molecule has 0 fully saturated rings. The number of rotatable bonds is 7. The molecular formula is C19H19BrCl2N2O4. The van der Waals surface area contributed by atoms with Crippen LogP contribution in [0.2, 0.25) is 10.0 Å². The summed E-state index contributed by atoms with van der Waals surface area (Å²) in [7, 11) is 3.01. The number of anilines is 1. The van der Waals surface area contributed by atoms with Crippen LogP contribution >= 0.6 is 39.1 Å². The number of ether oxygens (including phenoxy) is 2. The van der Waals surface area contributed by atoms with Crippen LogP contribution in [0.3, 0.4) is 0 Å². The molecule has 0 saturated carbocycles. The van der Waals surface area contributed by atoms with Crippen molar-refractivity contribution in [2.24, 2.45) is 0 Å². The van der Waals surface area contributed by atoms with E-state index in [2.05, 4.69) is 21.2 Å². The lowest BCUT2D eigenvalue weighted by atomic mass is 10.3. The third kappa shape index (κ3) is 6.02. The highest BCUT2D eigenvalue weighted by molar-refractivity contribution is 9.10. The molecular weight excluding hydrogens is 471 g/mol. The van der Waals surface area contributed by atoms with Crippen molar-refractivity contribution >= 4 is 56.6 Å². The molecule has 0 bridgehead atoms. The Hall–Kier alpha value is -1.96. The molecule has 2 aromatic rings. The molecule has 0 aromatic heterocycles. The minimum Gasteiger partial charge on any atom is -0.495 e. The maximum Gasteiger partial charge on any atom is 0.263 e. The van der Waals surface area contributed by atoms with Crippen molar-refractivity contribution in [1.82, 2.24) is 4.90 Å². The predicted octanol–water partition coefficient (Wildman–Crippen LogP) is 4.63. The van der Waals surface area contributed by atoms with Crippen LogP contribution in [0.5, 0.6) is 11.5 Å². The summed E-state index contributed by atoms with van der Waals surface area (Å²) in [4.78, 5) is 26.1. The van der Waals surface area contributed by atoms with Crippen molar-refractivity contribution in [2.75, 3.05) is 26.0 Å². The maximum atomic E-state index is 12.5. The monoisotopic (exact) mass is 488 g/mol. The van der Waals surface area contributed by atoms with Gasteiger partial charge < -0.3 is 19.7 Å². The topological polar surface area (TPSA) is 67.9 Å². The van der Waals surface area contributed by atoms with E-state index >= 15 is 0 Å². The van der Waals surface area contributed by atoms with E-state index in [4.69, 9.17) is 32.7 Å². The van der Waals surface area contributed by atoms with Gasteiger partial charge in [-0.25, -0.2) is 0 Å². The molecule has 1 N–H and O–H groups in total. The van der Waals surface area contributed by atoms with Gasteiger partial charge in [-0.15, -0.1) is 0 Å². The molecule has 0 spiro atoms. The van der Waals surface area contributed by atoms with Gasteiger partial charge in [0.15, 0.2) is 6.10 Å². The number of carbonyl (C=O) groups is 2. The van der Waals surface area contributed by atoms with Crippen molar-refractivity contribution in [3.63, 3.8) is 0 Å². The molecule has 0 heterocycles. The Morgan fingerprint density at radius 2 is 1.75 bits per heavy atom. The summed E-state index contributed by atoms with van der Waals surface area (Å²) in [6.45, 7) is 1.45. The first-order valence-electron chi connectivity index (χ1n) is 8.21. The third-order valence-electron chi connectivity index (χ3n) is 3.74. The van der Waals surface area contributed by atoms with Gasteiger partial charge in [0, 0.05) is 17.1 Å². The van der Waals surface area contributed by atoms with Crippen LogP contribution in [0.15, 0.2) is 40.9 Å². The van der Waals surface area contributed by atoms with E-state index in [1.807, 2.05) is 0 Å². The van der Waals surface area contributed by atoms with Crippen LogP contribution in [0.4, 0.5) is 5.69 Å². The van der Waals surface area contributed by atoms with E-state index in [1.165, 1.54) is 19.1 Å². The number of nitrogens with zero attached hydrogens (tertiary/aromatic N) is 1. The quantitative estimate of drug-likeness (QED) is 0.615. The van der Waals surface area contributed by atoms with Crippen molar-refractivity contribution < 1.29 is 19.1 Å². The zero-order valence-electron chi connectivity index (χ0n) is 15.5. The Kier molecular flexibility index (Phi) is 7.98. The molecule has 1 atom stereocenters. The van der Waals surface area contributed by atoms with Crippen molar-refractivity contribution in [3.05, 3.63) is 50.9 Å². The molecule has 2 rings (SSSR count). The Morgan fingerprint density at radius 3 is 2.36 bits per heavy atom. The Labute approximate surface area is 181 Å². The number of likely N-dealkylation sites (N-methyl/N-ethyl adjacent to an activating group) is 1. The zero-order valence-corrected chi connectivity index (χ0v) is 18.6. The second-order valence-electron chi connectivity index (χ2n) is 5.92. The Morgan fingerprint density at radius 1 is 1.14 bits per heavy atom. The van der Waals surface area contributed by atoms with Gasteiger partial charge in [-0.05, 0) is 59.3 Å². The number of hydrogen-bond donors (Lipinski definition) is 1. The van der Waals surface area contributed by atoms with E-state index in [9.17, 15) is 9.59 Å². The highest BCUT2D eigenvalue weighted by atomic mass is 79.9. The van der Waals surface area contributed by atoms with Gasteiger partial charge in [0.25, 0.3) is 5.91 Å². The van der Waals surface area contributed by atoms with Crippen molar-refractivity contribution in [1.29, 1.82) is 0 Å². The lowest BCUT2D eigenvalue weighted by Crippen LogP contribution is -2.42. The van der Waals surface area contributed by atoms with E-state index in [0.717, 1.165) is 0 Å². The molecule has 0 aliphatic rings. The van der Waals surface area contributed by atoms with Gasteiger partial charge in [0.1, 0.15) is 11.5 Å². The first-order chi connectivity index (χ1) is 13.2. The van der Waals surface area contributed by atoms with Gasteiger partial charge in [-0.3, -0.25) is 9.59 Å². The summed E-state index contributed by atoms with van der Waals surface area (Å²) in [5, 5.41) is 3.69. The van der Waals surface area contributed by atoms with Crippen LogP contribution < -0.4 is 14.8 Å². The fourth-order valence-corrected chi connectivity index (χ4v) is 3.33. The second-order valence-corrected chi connectivity index (χ2v) is 7.65. The van der Waals surface area contributed by atoms with Crippen LogP contribution in [-0.4, -0.2) is 43.5 Å². The smallest absolute Gasteiger partial charge is 0.263 e. The summed E-state index contributed by atoms with van der Waals surface area (Å²) in [5.41, 5.74) is 0.426. The minimum absolute atomic E-state index is 0.163. The molecule has 6 nitrogen and oxygen atoms in total. The van der Waals surface area contributed by atoms with E-state index in [1.54, 1.807) is 43.3 Å². The van der Waals surface area contributed by atoms with Crippen LogP contribution in [0, 0.1) is 0 Å². The van der Waals surface area contributed by atoms with E-state index in [0.29, 0.717) is 31.7 Å². The fourth-order valence-electron chi connectivity index (χ4n) is 2.38. The Bertz CT molecular complexity index is 879. The molecule has 150 valence electrons. The number of amides is 2. The summed E-state index contributed by atoms with van der Waals surface area (Å²) in [5.74, 6) is 0.203. The largest absolute Gasteiger partial charge is 0.495 e. The number of nitrogens with one attached hydrogen (secondary N) is 1. The summed E-state index contributed by atoms with van der Waals surface area (Å²) < 4.78 is 11.5. The number of carbonyl (C=O) groups excluding carboxylic acids is 2. The fraction of sp³-hybridized carbons (Fsp3) is 0.263. The van der Waals surface area contributed by atoms with Gasteiger partial charge >= 0.3 is 0 Å². The van der Waals surface area contributed by atoms with Gasteiger partial charge in [0.05, 0.1) is 23.8 Å². The predicted molar refractivity (Wildman–Crippen MR) is 114 cm³/mol. The van der Waals surface area contributed by atoms with Gasteiger partial charge in [0.2, 0.25) is 5.91 Å². The highest BCUT2D eigenvalue weighted by Crippen LogP contribution is 2.29. The van der Waals surface area contributed by atoms with Crippen molar-refractivity contribution in [2.45, 2.75) is 13.0 Å². The maximum absolute atomic E-state index is 12.5. The summed E-state index contributed by atoms with van der Waals surface area (Å²) in [6.07, 6.45) is -0.795. The molecule has 9 heteroatoms. The van der Waals surface area contributed by atoms with Crippen LogP contribution in [-0.2, 0) is 9.59 Å². The van der Waals surface area contributed by atoms with E-state index in [-0.39, 0.29) is 12.5 Å². The molecule has 0 aliphatic heterocycles. The van der Waals surface area contributed by atoms with Crippen LogP contribution in [0.1, 0.15) is 6.92 Å².